The van der Waals surface area contributed by atoms with Gasteiger partial charge in [-0.05, 0) is 17.1 Å². The standard InChI is InChI=1S/C10H9N3OS/c11-10(14)9(8-6-15-13-12-8)7-4-2-1-3-5-7/h1-6,9H,(H2,11,14). The fraction of sp³-hybridized carbons (Fsp3) is 0.100. The van der Waals surface area contributed by atoms with Crippen LogP contribution in [0.2, 0.25) is 0 Å². The summed E-state index contributed by atoms with van der Waals surface area (Å²) in [6.45, 7) is 0. The first-order valence-corrected chi connectivity index (χ1v) is 5.24. The van der Waals surface area contributed by atoms with E-state index in [1.165, 1.54) is 11.5 Å². The molecule has 0 aliphatic rings. The SMILES string of the molecule is NC(=O)C(c1ccccc1)c1csnn1. The second-order valence-corrected chi connectivity index (χ2v) is 3.69. The summed E-state index contributed by atoms with van der Waals surface area (Å²) >= 11 is 1.21. The van der Waals surface area contributed by atoms with Crippen molar-refractivity contribution in [2.45, 2.75) is 5.92 Å². The first kappa shape index (κ1) is 9.79. The van der Waals surface area contributed by atoms with E-state index in [-0.39, 0.29) is 0 Å². The van der Waals surface area contributed by atoms with E-state index in [1.54, 1.807) is 5.38 Å². The maximum absolute atomic E-state index is 11.4. The Balaban J connectivity index is 2.42. The van der Waals surface area contributed by atoms with Gasteiger partial charge in [-0.15, -0.1) is 5.10 Å². The molecule has 0 radical (unpaired) electrons. The Bertz CT molecular complexity index is 441. The molecule has 0 saturated carbocycles. The van der Waals surface area contributed by atoms with E-state index in [0.717, 1.165) is 5.56 Å². The molecule has 2 aromatic rings. The van der Waals surface area contributed by atoms with Crippen molar-refractivity contribution in [1.29, 1.82) is 0 Å². The lowest BCUT2D eigenvalue weighted by atomic mass is 9.96. The minimum atomic E-state index is -0.495. The Labute approximate surface area is 90.9 Å². The Morgan fingerprint density at radius 3 is 2.60 bits per heavy atom. The molecule has 0 spiro atoms. The molecule has 0 bridgehead atoms. The van der Waals surface area contributed by atoms with Crippen molar-refractivity contribution in [1.82, 2.24) is 9.59 Å². The quantitative estimate of drug-likeness (QED) is 0.842. The molecule has 0 fully saturated rings. The van der Waals surface area contributed by atoms with Crippen LogP contribution in [0.3, 0.4) is 0 Å². The third-order valence-corrected chi connectivity index (χ3v) is 2.61. The Morgan fingerprint density at radius 2 is 2.07 bits per heavy atom. The number of nitrogens with two attached hydrogens (primary N) is 1. The number of hydrogen-bond acceptors (Lipinski definition) is 4. The number of carbonyl (C=O) groups is 1. The molecule has 1 amide bonds. The number of carbonyl (C=O) groups excluding carboxylic acids is 1. The summed E-state index contributed by atoms with van der Waals surface area (Å²) in [6, 6.07) is 9.33. The minimum Gasteiger partial charge on any atom is -0.369 e. The molecule has 1 unspecified atom stereocenters. The molecule has 0 aliphatic carbocycles. The van der Waals surface area contributed by atoms with E-state index in [2.05, 4.69) is 9.59 Å². The zero-order valence-electron chi connectivity index (χ0n) is 7.83. The Kier molecular flexibility index (Phi) is 2.73. The van der Waals surface area contributed by atoms with Gasteiger partial charge in [0.1, 0.15) is 5.92 Å². The van der Waals surface area contributed by atoms with Crippen molar-refractivity contribution in [3.8, 4) is 0 Å². The second-order valence-electron chi connectivity index (χ2n) is 3.08. The number of hydrogen-bond donors (Lipinski definition) is 1. The van der Waals surface area contributed by atoms with Gasteiger partial charge in [0.25, 0.3) is 0 Å². The number of primary amides is 1. The van der Waals surface area contributed by atoms with Crippen molar-refractivity contribution in [3.63, 3.8) is 0 Å². The van der Waals surface area contributed by atoms with E-state index in [9.17, 15) is 4.79 Å². The van der Waals surface area contributed by atoms with Crippen LogP contribution >= 0.6 is 11.5 Å². The smallest absolute Gasteiger partial charge is 0.231 e. The number of nitrogens with zero attached hydrogens (tertiary/aromatic N) is 2. The Morgan fingerprint density at radius 1 is 1.33 bits per heavy atom. The van der Waals surface area contributed by atoms with Gasteiger partial charge in [0.2, 0.25) is 5.91 Å². The van der Waals surface area contributed by atoms with Crippen LogP contribution < -0.4 is 5.73 Å². The monoisotopic (exact) mass is 219 g/mol. The lowest BCUT2D eigenvalue weighted by Crippen LogP contribution is -2.22. The van der Waals surface area contributed by atoms with Gasteiger partial charge in [-0.25, -0.2) is 0 Å². The topological polar surface area (TPSA) is 68.9 Å². The molecule has 0 aliphatic heterocycles. The molecular weight excluding hydrogens is 210 g/mol. The molecule has 5 heteroatoms. The molecular formula is C10H9N3OS. The van der Waals surface area contributed by atoms with Crippen molar-refractivity contribution in [3.05, 3.63) is 47.0 Å². The van der Waals surface area contributed by atoms with Crippen molar-refractivity contribution in [2.24, 2.45) is 5.73 Å². The molecule has 4 nitrogen and oxygen atoms in total. The lowest BCUT2D eigenvalue weighted by Gasteiger charge is -2.09. The average molecular weight is 219 g/mol. The average Bonchev–Trinajstić information content (AvgIpc) is 2.72. The molecule has 0 saturated heterocycles. The van der Waals surface area contributed by atoms with Gasteiger partial charge < -0.3 is 5.73 Å². The van der Waals surface area contributed by atoms with Gasteiger partial charge in [0.15, 0.2) is 0 Å². The van der Waals surface area contributed by atoms with Crippen LogP contribution in [0, 0.1) is 0 Å². The molecule has 1 aromatic carbocycles. The molecule has 15 heavy (non-hydrogen) atoms. The first-order valence-electron chi connectivity index (χ1n) is 4.40. The van der Waals surface area contributed by atoms with Gasteiger partial charge in [-0.1, -0.05) is 34.8 Å². The highest BCUT2D eigenvalue weighted by Gasteiger charge is 2.22. The maximum atomic E-state index is 11.4. The van der Waals surface area contributed by atoms with Crippen LogP contribution in [0.15, 0.2) is 35.7 Å². The summed E-state index contributed by atoms with van der Waals surface area (Å²) in [5, 5.41) is 5.62. The fourth-order valence-electron chi connectivity index (χ4n) is 1.42. The van der Waals surface area contributed by atoms with Crippen LogP contribution in [0.1, 0.15) is 17.2 Å². The normalized spacial score (nSPS) is 12.3. The summed E-state index contributed by atoms with van der Waals surface area (Å²) in [6.07, 6.45) is 0. The van der Waals surface area contributed by atoms with Crippen LogP contribution in [-0.2, 0) is 4.79 Å². The largest absolute Gasteiger partial charge is 0.369 e. The number of amides is 1. The molecule has 1 aromatic heterocycles. The van der Waals surface area contributed by atoms with Crippen molar-refractivity contribution in [2.75, 3.05) is 0 Å². The molecule has 2 N–H and O–H groups in total. The summed E-state index contributed by atoms with van der Waals surface area (Å²) in [7, 11) is 0. The zero-order valence-corrected chi connectivity index (χ0v) is 8.65. The van der Waals surface area contributed by atoms with Gasteiger partial charge in [0, 0.05) is 5.38 Å². The Hall–Kier alpha value is -1.75. The van der Waals surface area contributed by atoms with E-state index in [1.807, 2.05) is 30.3 Å². The summed E-state index contributed by atoms with van der Waals surface area (Å²) in [5.41, 5.74) is 6.81. The van der Waals surface area contributed by atoms with Gasteiger partial charge >= 0.3 is 0 Å². The van der Waals surface area contributed by atoms with Crippen LogP contribution in [0.4, 0.5) is 0 Å². The van der Waals surface area contributed by atoms with Gasteiger partial charge in [0.05, 0.1) is 5.69 Å². The molecule has 1 heterocycles. The highest BCUT2D eigenvalue weighted by molar-refractivity contribution is 7.03. The molecule has 2 rings (SSSR count). The highest BCUT2D eigenvalue weighted by atomic mass is 32.1. The van der Waals surface area contributed by atoms with Gasteiger partial charge in [-0.3, -0.25) is 4.79 Å². The van der Waals surface area contributed by atoms with Crippen molar-refractivity contribution < 1.29 is 4.79 Å². The number of aromatic nitrogens is 2. The zero-order chi connectivity index (χ0) is 10.7. The van der Waals surface area contributed by atoms with Crippen LogP contribution in [0.5, 0.6) is 0 Å². The van der Waals surface area contributed by atoms with E-state index in [0.29, 0.717) is 5.69 Å². The predicted molar refractivity (Wildman–Crippen MR) is 57.4 cm³/mol. The van der Waals surface area contributed by atoms with E-state index in [4.69, 9.17) is 5.73 Å². The van der Waals surface area contributed by atoms with Crippen LogP contribution in [-0.4, -0.2) is 15.5 Å². The summed E-state index contributed by atoms with van der Waals surface area (Å²) in [4.78, 5) is 11.4. The van der Waals surface area contributed by atoms with Crippen LogP contribution in [0.25, 0.3) is 0 Å². The summed E-state index contributed by atoms with van der Waals surface area (Å²) < 4.78 is 3.73. The third kappa shape index (κ3) is 2.02. The number of benzene rings is 1. The molecule has 76 valence electrons. The first-order chi connectivity index (χ1) is 7.29. The predicted octanol–water partition coefficient (Wildman–Crippen LogP) is 1.16. The van der Waals surface area contributed by atoms with E-state index < -0.39 is 11.8 Å². The van der Waals surface area contributed by atoms with Gasteiger partial charge in [-0.2, -0.15) is 0 Å². The molecule has 1 atom stereocenters. The number of rotatable bonds is 3. The summed E-state index contributed by atoms with van der Waals surface area (Å²) in [5.74, 6) is -0.904. The third-order valence-electron chi connectivity index (χ3n) is 2.09. The van der Waals surface area contributed by atoms with E-state index >= 15 is 0 Å². The van der Waals surface area contributed by atoms with Crippen molar-refractivity contribution >= 4 is 17.4 Å². The minimum absolute atomic E-state index is 0.408. The fourth-order valence-corrected chi connectivity index (χ4v) is 1.90. The lowest BCUT2D eigenvalue weighted by molar-refractivity contribution is -0.118. The second kappa shape index (κ2) is 4.18. The highest BCUT2D eigenvalue weighted by Crippen LogP contribution is 2.22. The maximum Gasteiger partial charge on any atom is 0.231 e.